The number of nitrogens with zero attached hydrogens (tertiary/aromatic N) is 3. The van der Waals surface area contributed by atoms with Gasteiger partial charge in [0.25, 0.3) is 0 Å². The highest BCUT2D eigenvalue weighted by molar-refractivity contribution is 7.89. The van der Waals surface area contributed by atoms with E-state index in [9.17, 15) is 12.8 Å². The predicted octanol–water partition coefficient (Wildman–Crippen LogP) is 3.13. The molecule has 4 rings (SSSR count). The van der Waals surface area contributed by atoms with E-state index in [1.807, 2.05) is 19.1 Å². The van der Waals surface area contributed by atoms with Gasteiger partial charge < -0.3 is 14.4 Å². The summed E-state index contributed by atoms with van der Waals surface area (Å²) in [6, 6.07) is 11.7. The average molecular weight is 478 g/mol. The molecule has 0 amide bonds. The molecule has 2 heterocycles. The molecule has 0 saturated carbocycles. The first-order valence-corrected chi connectivity index (χ1v) is 12.9. The number of piperazine rings is 1. The second-order valence-electron chi connectivity index (χ2n) is 8.34. The van der Waals surface area contributed by atoms with Crippen molar-refractivity contribution in [2.75, 3.05) is 64.4 Å². The van der Waals surface area contributed by atoms with Crippen LogP contribution in [0.5, 0.6) is 5.75 Å². The number of methoxy groups -OCH3 is 1. The van der Waals surface area contributed by atoms with E-state index in [0.717, 1.165) is 44.8 Å². The second-order valence-corrected chi connectivity index (χ2v) is 10.2. The minimum Gasteiger partial charge on any atom is -0.496 e. The van der Waals surface area contributed by atoms with Gasteiger partial charge in [-0.05, 0) is 56.3 Å². The average Bonchev–Trinajstić information content (AvgIpc) is 2.82. The van der Waals surface area contributed by atoms with Crippen molar-refractivity contribution < 1.29 is 22.3 Å². The number of benzene rings is 2. The third kappa shape index (κ3) is 5.16. The highest BCUT2D eigenvalue weighted by atomic mass is 32.2. The smallest absolute Gasteiger partial charge is 0.243 e. The maximum absolute atomic E-state index is 13.3. The zero-order chi connectivity index (χ0) is 23.4. The molecule has 0 N–H and O–H groups in total. The second kappa shape index (κ2) is 10.4. The molecule has 33 heavy (non-hydrogen) atoms. The van der Waals surface area contributed by atoms with E-state index in [0.29, 0.717) is 31.0 Å². The number of fused-ring (bicyclic) bond motifs is 1. The molecule has 2 aliphatic heterocycles. The lowest BCUT2D eigenvalue weighted by molar-refractivity contribution is 0.0405. The van der Waals surface area contributed by atoms with E-state index in [-0.39, 0.29) is 16.8 Å². The largest absolute Gasteiger partial charge is 0.496 e. The Kier molecular flexibility index (Phi) is 7.53. The van der Waals surface area contributed by atoms with Crippen LogP contribution in [0.1, 0.15) is 25.0 Å². The molecule has 1 unspecified atom stereocenters. The van der Waals surface area contributed by atoms with Gasteiger partial charge in [-0.1, -0.05) is 6.07 Å². The zero-order valence-corrected chi connectivity index (χ0v) is 20.1. The number of hydrogen-bond donors (Lipinski definition) is 0. The highest BCUT2D eigenvalue weighted by Gasteiger charge is 2.39. The Morgan fingerprint density at radius 1 is 1.03 bits per heavy atom. The summed E-state index contributed by atoms with van der Waals surface area (Å²) in [5, 5.41) is 0. The molecule has 9 heteroatoms. The third-order valence-corrected chi connectivity index (χ3v) is 8.29. The van der Waals surface area contributed by atoms with Crippen LogP contribution in [0.4, 0.5) is 10.1 Å². The molecule has 2 aromatic rings. The number of halogens is 1. The molecular formula is C24H32FN3O4S. The van der Waals surface area contributed by atoms with Crippen molar-refractivity contribution in [2.45, 2.75) is 24.3 Å². The van der Waals surface area contributed by atoms with Gasteiger partial charge in [0.1, 0.15) is 17.7 Å². The first-order chi connectivity index (χ1) is 15.9. The van der Waals surface area contributed by atoms with Crippen LogP contribution in [0.25, 0.3) is 0 Å². The Morgan fingerprint density at radius 2 is 1.76 bits per heavy atom. The van der Waals surface area contributed by atoms with Gasteiger partial charge in [0.15, 0.2) is 0 Å². The van der Waals surface area contributed by atoms with Crippen LogP contribution in [-0.4, -0.2) is 77.2 Å². The van der Waals surface area contributed by atoms with E-state index in [1.165, 1.54) is 12.1 Å². The highest BCUT2D eigenvalue weighted by Crippen LogP contribution is 2.40. The summed E-state index contributed by atoms with van der Waals surface area (Å²) in [7, 11) is -2.05. The summed E-state index contributed by atoms with van der Waals surface area (Å²) < 4.78 is 52.6. The SMILES string of the molecule is CCOC1CN(CCCN2CCN(c3ccc(F)cc3)CC2)S(=O)(=O)c2cccc(OC)c21. The van der Waals surface area contributed by atoms with Crippen molar-refractivity contribution in [1.29, 1.82) is 0 Å². The normalized spacial score (nSPS) is 21.1. The molecule has 180 valence electrons. The fraction of sp³-hybridized carbons (Fsp3) is 0.500. The Hall–Kier alpha value is -2.20. The van der Waals surface area contributed by atoms with Gasteiger partial charge in [0.2, 0.25) is 10.0 Å². The van der Waals surface area contributed by atoms with Crippen molar-refractivity contribution in [2.24, 2.45) is 0 Å². The van der Waals surface area contributed by atoms with Crippen molar-refractivity contribution in [3.8, 4) is 5.75 Å². The monoisotopic (exact) mass is 477 g/mol. The molecule has 1 fully saturated rings. The minimum atomic E-state index is -3.60. The van der Waals surface area contributed by atoms with Gasteiger partial charge in [-0.2, -0.15) is 4.31 Å². The van der Waals surface area contributed by atoms with Crippen LogP contribution >= 0.6 is 0 Å². The summed E-state index contributed by atoms with van der Waals surface area (Å²) in [6.07, 6.45) is 0.400. The lowest BCUT2D eigenvalue weighted by Gasteiger charge is -2.37. The van der Waals surface area contributed by atoms with Gasteiger partial charge >= 0.3 is 0 Å². The maximum atomic E-state index is 13.3. The van der Waals surface area contributed by atoms with Gasteiger partial charge in [-0.15, -0.1) is 0 Å². The summed E-state index contributed by atoms with van der Waals surface area (Å²) >= 11 is 0. The van der Waals surface area contributed by atoms with Gasteiger partial charge in [0.05, 0.1) is 12.0 Å². The lowest BCUT2D eigenvalue weighted by atomic mass is 10.1. The lowest BCUT2D eigenvalue weighted by Crippen LogP contribution is -2.47. The standard InChI is InChI=1S/C24H32FN3O4S/c1-3-32-22-18-28(33(29,30)23-7-4-6-21(31-2)24(22)23)13-5-12-26-14-16-27(17-15-26)20-10-8-19(25)9-11-20/h4,6-11,22H,3,5,12-18H2,1-2H3. The number of sulfonamides is 1. The van der Waals surface area contributed by atoms with E-state index in [4.69, 9.17) is 9.47 Å². The molecule has 0 bridgehead atoms. The van der Waals surface area contributed by atoms with E-state index >= 15 is 0 Å². The van der Waals surface area contributed by atoms with Gasteiger partial charge in [-0.25, -0.2) is 12.8 Å². The Balaban J connectivity index is 1.35. The van der Waals surface area contributed by atoms with Crippen LogP contribution in [0.3, 0.4) is 0 Å². The molecule has 0 spiro atoms. The molecule has 0 radical (unpaired) electrons. The number of rotatable bonds is 8. The Bertz CT molecular complexity index is 1040. The molecule has 1 atom stereocenters. The van der Waals surface area contributed by atoms with Gasteiger partial charge in [0, 0.05) is 57.1 Å². The van der Waals surface area contributed by atoms with Crippen LogP contribution in [-0.2, 0) is 14.8 Å². The molecule has 7 nitrogen and oxygen atoms in total. The fourth-order valence-corrected chi connectivity index (χ4v) is 6.40. The molecule has 0 aromatic heterocycles. The minimum absolute atomic E-state index is 0.224. The van der Waals surface area contributed by atoms with Crippen LogP contribution in [0.2, 0.25) is 0 Å². The van der Waals surface area contributed by atoms with Crippen LogP contribution < -0.4 is 9.64 Å². The first kappa shape index (κ1) is 23.9. The molecule has 2 aliphatic rings. The predicted molar refractivity (Wildman–Crippen MR) is 126 cm³/mol. The Labute approximate surface area is 195 Å². The van der Waals surface area contributed by atoms with Crippen molar-refractivity contribution in [1.82, 2.24) is 9.21 Å². The van der Waals surface area contributed by atoms with Crippen LogP contribution in [0, 0.1) is 5.82 Å². The van der Waals surface area contributed by atoms with E-state index < -0.39 is 10.0 Å². The van der Waals surface area contributed by atoms with Crippen LogP contribution in [0.15, 0.2) is 47.4 Å². The maximum Gasteiger partial charge on any atom is 0.243 e. The molecule has 2 aromatic carbocycles. The third-order valence-electron chi connectivity index (χ3n) is 6.37. The molecule has 0 aliphatic carbocycles. The van der Waals surface area contributed by atoms with E-state index in [1.54, 1.807) is 29.6 Å². The topological polar surface area (TPSA) is 62.3 Å². The number of ether oxygens (including phenoxy) is 2. The zero-order valence-electron chi connectivity index (χ0n) is 19.2. The summed E-state index contributed by atoms with van der Waals surface area (Å²) in [5.74, 6) is 0.325. The van der Waals surface area contributed by atoms with Crippen molar-refractivity contribution >= 4 is 15.7 Å². The van der Waals surface area contributed by atoms with Gasteiger partial charge in [-0.3, -0.25) is 4.90 Å². The summed E-state index contributed by atoms with van der Waals surface area (Å²) in [5.41, 5.74) is 1.65. The number of hydrogen-bond acceptors (Lipinski definition) is 6. The first-order valence-electron chi connectivity index (χ1n) is 11.5. The van der Waals surface area contributed by atoms with E-state index in [2.05, 4.69) is 9.80 Å². The summed E-state index contributed by atoms with van der Waals surface area (Å²) in [6.45, 7) is 7.50. The number of anilines is 1. The quantitative estimate of drug-likeness (QED) is 0.582. The van der Waals surface area contributed by atoms with Crippen molar-refractivity contribution in [3.63, 3.8) is 0 Å². The summed E-state index contributed by atoms with van der Waals surface area (Å²) in [4.78, 5) is 4.88. The fourth-order valence-electron chi connectivity index (χ4n) is 4.66. The Morgan fingerprint density at radius 3 is 2.42 bits per heavy atom. The molecular weight excluding hydrogens is 445 g/mol. The molecule has 1 saturated heterocycles. The van der Waals surface area contributed by atoms with Crippen molar-refractivity contribution in [3.05, 3.63) is 53.8 Å².